The number of phenolic OH excluding ortho intramolecular Hbond substituents is 1. The third kappa shape index (κ3) is 11.0. The Morgan fingerprint density at radius 1 is 0.857 bits per heavy atom. The molecule has 162 valence electrons. The predicted octanol–water partition coefficient (Wildman–Crippen LogP) is 9.02. The Balaban J connectivity index is 2.39. The van der Waals surface area contributed by atoms with Crippen LogP contribution in [0.5, 0.6) is 5.75 Å². The lowest BCUT2D eigenvalue weighted by atomic mass is 9.99. The van der Waals surface area contributed by atoms with Crippen LogP contribution in [0.15, 0.2) is 12.1 Å². The molecule has 0 amide bonds. The van der Waals surface area contributed by atoms with E-state index in [4.69, 9.17) is 12.6 Å². The second-order valence-corrected chi connectivity index (χ2v) is 9.97. The first-order chi connectivity index (χ1) is 13.6. The molecule has 0 aliphatic carbocycles. The summed E-state index contributed by atoms with van der Waals surface area (Å²) in [5.74, 6) is 2.74. The number of aromatic hydroxyl groups is 1. The lowest BCUT2D eigenvalue weighted by molar-refractivity contribution is 0.461. The van der Waals surface area contributed by atoms with E-state index in [0.29, 0.717) is 5.75 Å². The van der Waals surface area contributed by atoms with E-state index in [2.05, 4.69) is 26.0 Å². The monoisotopic (exact) mass is 424 g/mol. The molecule has 1 N–H and O–H groups in total. The van der Waals surface area contributed by atoms with Gasteiger partial charge in [0.1, 0.15) is 5.75 Å². The first-order valence-corrected chi connectivity index (χ1v) is 13.3. The summed E-state index contributed by atoms with van der Waals surface area (Å²) >= 11 is 6.85. The minimum atomic E-state index is 0.147. The number of hydrogen-bond donors (Lipinski definition) is 2. The van der Waals surface area contributed by atoms with Gasteiger partial charge >= 0.3 is 0 Å². The number of thiol groups is 1. The molecule has 1 nitrogen and oxygen atoms in total. The van der Waals surface area contributed by atoms with Crippen molar-refractivity contribution < 1.29 is 5.11 Å². The van der Waals surface area contributed by atoms with Gasteiger partial charge in [-0.2, -0.15) is 24.4 Å². The Morgan fingerprint density at radius 2 is 1.43 bits per heavy atom. The zero-order valence-electron chi connectivity index (χ0n) is 18.6. The van der Waals surface area contributed by atoms with E-state index in [1.807, 2.05) is 18.7 Å². The van der Waals surface area contributed by atoms with E-state index in [1.165, 1.54) is 88.4 Å². The molecule has 0 fully saturated rings. The van der Waals surface area contributed by atoms with Gasteiger partial charge in [0, 0.05) is 16.6 Å². The van der Waals surface area contributed by atoms with Gasteiger partial charge in [0.25, 0.3) is 0 Å². The maximum absolute atomic E-state index is 10.5. The van der Waals surface area contributed by atoms with Crippen LogP contribution in [0.4, 0.5) is 0 Å². The number of unbranched alkanes of at least 4 members (excludes halogenated alkanes) is 10. The van der Waals surface area contributed by atoms with Crippen LogP contribution < -0.4 is 0 Å². The summed E-state index contributed by atoms with van der Waals surface area (Å²) in [6.07, 6.45) is 17.0. The summed E-state index contributed by atoms with van der Waals surface area (Å²) in [4.78, 5) is 0. The molecule has 0 heterocycles. The maximum atomic E-state index is 10.5. The minimum Gasteiger partial charge on any atom is -0.507 e. The normalized spacial score (nSPS) is 12.4. The van der Waals surface area contributed by atoms with Crippen LogP contribution in [0, 0.1) is 6.92 Å². The molecule has 0 aliphatic heterocycles. The average Bonchev–Trinajstić information content (AvgIpc) is 2.69. The first-order valence-electron chi connectivity index (χ1n) is 11.7. The quantitative estimate of drug-likeness (QED) is 0.192. The van der Waals surface area contributed by atoms with Gasteiger partial charge < -0.3 is 5.11 Å². The van der Waals surface area contributed by atoms with Crippen LogP contribution in [-0.2, 0) is 5.75 Å². The molecule has 1 aromatic rings. The molecule has 3 heteroatoms. The second-order valence-electron chi connectivity index (χ2n) is 8.24. The SMILES string of the molecule is CCCCCCCCSCc1cc(C)c(O)c(C(S)CCCCCCCC)c1. The summed E-state index contributed by atoms with van der Waals surface area (Å²) in [5.41, 5.74) is 3.37. The molecule has 1 aromatic carbocycles. The van der Waals surface area contributed by atoms with Crippen molar-refractivity contribution in [1.29, 1.82) is 0 Å². The van der Waals surface area contributed by atoms with Gasteiger partial charge in [-0.25, -0.2) is 0 Å². The van der Waals surface area contributed by atoms with Crippen molar-refractivity contribution in [3.05, 3.63) is 28.8 Å². The van der Waals surface area contributed by atoms with Gasteiger partial charge in [-0.3, -0.25) is 0 Å². The molecule has 1 rings (SSSR count). The van der Waals surface area contributed by atoms with Crippen molar-refractivity contribution >= 4 is 24.4 Å². The van der Waals surface area contributed by atoms with Gasteiger partial charge in [-0.15, -0.1) is 0 Å². The molecule has 28 heavy (non-hydrogen) atoms. The molecule has 0 aliphatic rings. The first kappa shape index (κ1) is 25.8. The smallest absolute Gasteiger partial charge is 0.122 e. The fraction of sp³-hybridized carbons (Fsp3) is 0.760. The summed E-state index contributed by atoms with van der Waals surface area (Å²) in [6.45, 7) is 6.55. The number of thioether (sulfide) groups is 1. The molecular weight excluding hydrogens is 380 g/mol. The molecule has 0 spiro atoms. The average molecular weight is 425 g/mol. The molecule has 0 aromatic heterocycles. The van der Waals surface area contributed by atoms with Gasteiger partial charge in [-0.1, -0.05) is 96.6 Å². The number of aryl methyl sites for hydroxylation is 1. The van der Waals surface area contributed by atoms with E-state index in [9.17, 15) is 5.11 Å². The van der Waals surface area contributed by atoms with Crippen molar-refractivity contribution in [2.45, 2.75) is 115 Å². The fourth-order valence-electron chi connectivity index (χ4n) is 3.67. The van der Waals surface area contributed by atoms with Crippen LogP contribution in [-0.4, -0.2) is 10.9 Å². The van der Waals surface area contributed by atoms with E-state index in [-0.39, 0.29) is 5.25 Å². The van der Waals surface area contributed by atoms with E-state index in [0.717, 1.165) is 23.3 Å². The number of hydrogen-bond acceptors (Lipinski definition) is 3. The molecule has 1 unspecified atom stereocenters. The topological polar surface area (TPSA) is 20.2 Å². The Morgan fingerprint density at radius 3 is 2.07 bits per heavy atom. The lowest BCUT2D eigenvalue weighted by Gasteiger charge is -2.16. The highest BCUT2D eigenvalue weighted by Crippen LogP contribution is 2.36. The third-order valence-corrected chi connectivity index (χ3v) is 7.14. The highest BCUT2D eigenvalue weighted by molar-refractivity contribution is 7.98. The second kappa shape index (κ2) is 16.5. The molecular formula is C25H44OS2. The van der Waals surface area contributed by atoms with Crippen LogP contribution in [0.25, 0.3) is 0 Å². The molecule has 1 atom stereocenters. The number of rotatable bonds is 17. The van der Waals surface area contributed by atoms with Gasteiger partial charge in [0.05, 0.1) is 0 Å². The highest BCUT2D eigenvalue weighted by atomic mass is 32.2. The molecule has 0 bridgehead atoms. The maximum Gasteiger partial charge on any atom is 0.122 e. The predicted molar refractivity (Wildman–Crippen MR) is 132 cm³/mol. The minimum absolute atomic E-state index is 0.147. The molecule has 0 saturated heterocycles. The van der Waals surface area contributed by atoms with Gasteiger partial charge in [0.2, 0.25) is 0 Å². The van der Waals surface area contributed by atoms with Crippen molar-refractivity contribution in [3.63, 3.8) is 0 Å². The summed E-state index contributed by atoms with van der Waals surface area (Å²) in [7, 11) is 0. The summed E-state index contributed by atoms with van der Waals surface area (Å²) < 4.78 is 0. The lowest BCUT2D eigenvalue weighted by Crippen LogP contribution is -1.97. The van der Waals surface area contributed by atoms with Gasteiger partial charge in [-0.05, 0) is 36.6 Å². The zero-order valence-corrected chi connectivity index (χ0v) is 20.4. The van der Waals surface area contributed by atoms with Crippen LogP contribution >= 0.6 is 24.4 Å². The Hall–Kier alpha value is -0.280. The zero-order chi connectivity index (χ0) is 20.6. The Bertz CT molecular complexity index is 516. The van der Waals surface area contributed by atoms with Crippen LogP contribution in [0.1, 0.15) is 119 Å². The number of benzene rings is 1. The molecule has 0 radical (unpaired) electrons. The van der Waals surface area contributed by atoms with E-state index >= 15 is 0 Å². The Labute approximate surface area is 184 Å². The van der Waals surface area contributed by atoms with Crippen molar-refractivity contribution in [2.24, 2.45) is 0 Å². The van der Waals surface area contributed by atoms with Crippen molar-refractivity contribution in [3.8, 4) is 5.75 Å². The van der Waals surface area contributed by atoms with Gasteiger partial charge in [0.15, 0.2) is 0 Å². The van der Waals surface area contributed by atoms with Crippen molar-refractivity contribution in [1.82, 2.24) is 0 Å². The number of phenols is 1. The molecule has 0 saturated carbocycles. The largest absolute Gasteiger partial charge is 0.507 e. The summed E-state index contributed by atoms with van der Waals surface area (Å²) in [5, 5.41) is 10.7. The third-order valence-electron chi connectivity index (χ3n) is 5.49. The van der Waals surface area contributed by atoms with E-state index in [1.54, 1.807) is 0 Å². The van der Waals surface area contributed by atoms with Crippen LogP contribution in [0.2, 0.25) is 0 Å². The van der Waals surface area contributed by atoms with Crippen LogP contribution in [0.3, 0.4) is 0 Å². The highest BCUT2D eigenvalue weighted by Gasteiger charge is 2.14. The fourth-order valence-corrected chi connectivity index (χ4v) is 5.00. The summed E-state index contributed by atoms with van der Waals surface area (Å²) in [6, 6.07) is 4.35. The standard InChI is InChI=1S/C25H44OS2/c1-4-6-8-10-12-14-16-24(27)23-19-22(18-21(3)25(23)26)20-28-17-15-13-11-9-7-5-2/h18-19,24,26-27H,4-17,20H2,1-3H3. The van der Waals surface area contributed by atoms with E-state index < -0.39 is 0 Å². The Kier molecular flexibility index (Phi) is 15.2. The van der Waals surface area contributed by atoms with Crippen molar-refractivity contribution in [2.75, 3.05) is 5.75 Å².